The Bertz CT molecular complexity index is 1500. The van der Waals surface area contributed by atoms with Crippen LogP contribution < -0.4 is 11.3 Å². The molecule has 0 unspecified atom stereocenters. The molecule has 2 aromatic carbocycles. The fourth-order valence-corrected chi connectivity index (χ4v) is 3.15. The molecule has 5 rings (SSSR count). The number of aromatic nitrogens is 6. The molecule has 3 aromatic heterocycles. The van der Waals surface area contributed by atoms with Crippen LogP contribution in [0, 0.1) is 17.5 Å². The number of nitrogen functional groups attached to an aromatic ring is 1. The summed E-state index contributed by atoms with van der Waals surface area (Å²) in [5, 5.41) is -0.176. The van der Waals surface area contributed by atoms with Crippen LogP contribution in [0.1, 0.15) is 12.7 Å². The summed E-state index contributed by atoms with van der Waals surface area (Å²) >= 11 is 0. The molecule has 11 heteroatoms. The van der Waals surface area contributed by atoms with Crippen LogP contribution in [-0.4, -0.2) is 29.5 Å². The van der Waals surface area contributed by atoms with Crippen molar-refractivity contribution in [2.45, 2.75) is 13.3 Å². The Kier molecular flexibility index (Phi) is 5.54. The number of nitrogens with one attached hydrogen (secondary N) is 1. The van der Waals surface area contributed by atoms with E-state index in [2.05, 4.69) is 24.9 Å². The fraction of sp³-hybridized carbons (Fsp3) is 0.0952. The Morgan fingerprint density at radius 1 is 1.03 bits per heavy atom. The molecule has 8 nitrogen and oxygen atoms in total. The first-order valence-corrected chi connectivity index (χ1v) is 9.45. The van der Waals surface area contributed by atoms with Gasteiger partial charge in [-0.1, -0.05) is 13.0 Å². The van der Waals surface area contributed by atoms with Crippen molar-refractivity contribution >= 4 is 27.9 Å². The number of hydrogen-bond donors (Lipinski definition) is 2. The van der Waals surface area contributed by atoms with Crippen molar-refractivity contribution in [2.75, 3.05) is 5.73 Å². The molecule has 0 saturated heterocycles. The molecule has 0 aliphatic heterocycles. The van der Waals surface area contributed by atoms with Crippen molar-refractivity contribution in [3.05, 3.63) is 82.7 Å². The van der Waals surface area contributed by atoms with Crippen molar-refractivity contribution in [3.63, 3.8) is 0 Å². The smallest absolute Gasteiger partial charge is 0.268 e. The Balaban J connectivity index is 0.000000203. The van der Waals surface area contributed by atoms with Gasteiger partial charge in [0.1, 0.15) is 28.9 Å². The highest BCUT2D eigenvalue weighted by atomic mass is 19.2. The Labute approximate surface area is 178 Å². The molecular formula is C21H16F3N7O. The number of nitrogens with two attached hydrogens (primary N) is 1. The van der Waals surface area contributed by atoms with Crippen LogP contribution in [0.25, 0.3) is 27.8 Å². The average molecular weight is 439 g/mol. The molecular weight excluding hydrogens is 423 g/mol. The second-order valence-corrected chi connectivity index (χ2v) is 6.61. The Morgan fingerprint density at radius 3 is 2.56 bits per heavy atom. The van der Waals surface area contributed by atoms with Crippen molar-refractivity contribution < 1.29 is 13.2 Å². The number of benzene rings is 2. The minimum Gasteiger partial charge on any atom is -0.382 e. The van der Waals surface area contributed by atoms with Crippen LogP contribution in [0.5, 0.6) is 0 Å². The minimum atomic E-state index is -1.08. The fourth-order valence-electron chi connectivity index (χ4n) is 3.15. The van der Waals surface area contributed by atoms with Gasteiger partial charge < -0.3 is 10.7 Å². The zero-order valence-electron chi connectivity index (χ0n) is 16.7. The molecule has 0 saturated carbocycles. The van der Waals surface area contributed by atoms with Gasteiger partial charge in [0.2, 0.25) is 0 Å². The lowest BCUT2D eigenvalue weighted by Crippen LogP contribution is -2.24. The molecule has 32 heavy (non-hydrogen) atoms. The highest BCUT2D eigenvalue weighted by Crippen LogP contribution is 2.17. The molecule has 3 heterocycles. The maximum Gasteiger partial charge on any atom is 0.268 e. The van der Waals surface area contributed by atoms with E-state index in [1.54, 1.807) is 6.92 Å². The van der Waals surface area contributed by atoms with E-state index < -0.39 is 23.0 Å². The number of nitrogens with zero attached hydrogens (tertiary/aromatic N) is 5. The van der Waals surface area contributed by atoms with Gasteiger partial charge >= 0.3 is 0 Å². The molecule has 5 aromatic rings. The lowest BCUT2D eigenvalue weighted by atomic mass is 10.2. The summed E-state index contributed by atoms with van der Waals surface area (Å²) in [6.45, 7) is 1.77. The zero-order valence-corrected chi connectivity index (χ0v) is 16.7. The maximum absolute atomic E-state index is 13.9. The van der Waals surface area contributed by atoms with Gasteiger partial charge in [-0.3, -0.25) is 9.36 Å². The number of fused-ring (bicyclic) bond motifs is 2. The molecule has 0 aliphatic carbocycles. The largest absolute Gasteiger partial charge is 0.382 e. The predicted molar refractivity (Wildman–Crippen MR) is 113 cm³/mol. The molecule has 0 aliphatic rings. The van der Waals surface area contributed by atoms with Crippen LogP contribution in [0.4, 0.5) is 19.0 Å². The molecule has 0 fully saturated rings. The third kappa shape index (κ3) is 3.75. The lowest BCUT2D eigenvalue weighted by Gasteiger charge is -2.13. The number of anilines is 1. The third-order valence-corrected chi connectivity index (χ3v) is 4.65. The van der Waals surface area contributed by atoms with Crippen molar-refractivity contribution in [2.24, 2.45) is 0 Å². The molecule has 162 valence electrons. The standard InChI is InChI=1S/C16H11F3N2O.C5H5N5/c1-2-14-20-13-5-3-4-11(18)15(13)16(22)21(14)9-6-7-10(17)12(19)8-9;6-4-3-5(9-1-7-3)10-2-8-4/h3-8H,2H2,1H3;1-2H,(H3,6,7,8,9,10). The number of imidazole rings is 1. The van der Waals surface area contributed by atoms with Crippen molar-refractivity contribution in [1.29, 1.82) is 0 Å². The Morgan fingerprint density at radius 2 is 1.84 bits per heavy atom. The zero-order chi connectivity index (χ0) is 22.8. The summed E-state index contributed by atoms with van der Waals surface area (Å²) in [6.07, 6.45) is 3.30. The average Bonchev–Trinajstić information content (AvgIpc) is 3.26. The van der Waals surface area contributed by atoms with Crippen LogP contribution in [0.2, 0.25) is 0 Å². The van der Waals surface area contributed by atoms with E-state index in [-0.39, 0.29) is 16.6 Å². The molecule has 0 amide bonds. The van der Waals surface area contributed by atoms with Crippen LogP contribution in [0.15, 0.2) is 53.8 Å². The molecule has 3 N–H and O–H groups in total. The van der Waals surface area contributed by atoms with Crippen LogP contribution in [-0.2, 0) is 6.42 Å². The minimum absolute atomic E-state index is 0.110. The summed E-state index contributed by atoms with van der Waals surface area (Å²) in [5.41, 5.74) is 6.48. The van der Waals surface area contributed by atoms with Gasteiger partial charge in [-0.05, 0) is 24.3 Å². The van der Waals surface area contributed by atoms with Crippen molar-refractivity contribution in [1.82, 2.24) is 29.5 Å². The molecule has 0 spiro atoms. The molecule has 0 atom stereocenters. The van der Waals surface area contributed by atoms with E-state index >= 15 is 0 Å². The van der Waals surface area contributed by atoms with E-state index in [9.17, 15) is 18.0 Å². The van der Waals surface area contributed by atoms with Crippen LogP contribution >= 0.6 is 0 Å². The Hall–Kier alpha value is -4.28. The number of rotatable bonds is 2. The van der Waals surface area contributed by atoms with Gasteiger partial charge in [-0.15, -0.1) is 0 Å². The lowest BCUT2D eigenvalue weighted by molar-refractivity contribution is 0.507. The van der Waals surface area contributed by atoms with Gasteiger partial charge in [-0.25, -0.2) is 33.1 Å². The van der Waals surface area contributed by atoms with Crippen LogP contribution in [0.3, 0.4) is 0 Å². The van der Waals surface area contributed by atoms with E-state index in [4.69, 9.17) is 5.73 Å². The number of H-pyrrole nitrogens is 1. The highest BCUT2D eigenvalue weighted by Gasteiger charge is 2.15. The second-order valence-electron chi connectivity index (χ2n) is 6.61. The topological polar surface area (TPSA) is 115 Å². The predicted octanol–water partition coefficient (Wildman–Crippen LogP) is 3.30. The van der Waals surface area contributed by atoms with E-state index in [1.807, 2.05) is 0 Å². The normalized spacial score (nSPS) is 10.9. The summed E-state index contributed by atoms with van der Waals surface area (Å²) in [7, 11) is 0. The van der Waals surface area contributed by atoms with Crippen molar-refractivity contribution in [3.8, 4) is 5.69 Å². The summed E-state index contributed by atoms with van der Waals surface area (Å²) in [4.78, 5) is 31.2. The summed E-state index contributed by atoms with van der Waals surface area (Å²) in [5.74, 6) is -2.03. The first-order chi connectivity index (χ1) is 15.4. The van der Waals surface area contributed by atoms with Gasteiger partial charge in [-0.2, -0.15) is 0 Å². The van der Waals surface area contributed by atoms with Gasteiger partial charge in [0, 0.05) is 12.5 Å². The van der Waals surface area contributed by atoms with E-state index in [1.165, 1.54) is 30.9 Å². The van der Waals surface area contributed by atoms with Gasteiger partial charge in [0.25, 0.3) is 5.56 Å². The summed E-state index contributed by atoms with van der Waals surface area (Å²) < 4.78 is 41.6. The number of hydrogen-bond acceptors (Lipinski definition) is 6. The molecule has 0 bridgehead atoms. The second kappa shape index (κ2) is 8.46. The van der Waals surface area contributed by atoms with Gasteiger partial charge in [0.15, 0.2) is 23.1 Å². The number of aromatic amines is 1. The maximum atomic E-state index is 13.9. The first-order valence-electron chi connectivity index (χ1n) is 9.45. The number of aryl methyl sites for hydroxylation is 1. The van der Waals surface area contributed by atoms with E-state index in [0.29, 0.717) is 29.2 Å². The number of halogens is 3. The SMILES string of the molecule is CCc1nc2cccc(F)c2c(=O)n1-c1ccc(F)c(F)c1.Nc1ncnc2nc[nH]c12. The van der Waals surface area contributed by atoms with Gasteiger partial charge in [0.05, 0.1) is 17.5 Å². The first kappa shape index (κ1) is 21.0. The van der Waals surface area contributed by atoms with E-state index in [0.717, 1.165) is 22.8 Å². The monoisotopic (exact) mass is 439 g/mol. The molecule has 0 radical (unpaired) electrons. The third-order valence-electron chi connectivity index (χ3n) is 4.65. The highest BCUT2D eigenvalue weighted by molar-refractivity contribution is 5.80. The quantitative estimate of drug-likeness (QED) is 0.436. The summed E-state index contributed by atoms with van der Waals surface area (Å²) in [6, 6.07) is 7.23.